The Hall–Kier alpha value is -2.24. The molecule has 0 aromatic heterocycles. The van der Waals surface area contributed by atoms with E-state index >= 15 is 0 Å². The molecular formula is C11H14N2O4. The van der Waals surface area contributed by atoms with E-state index in [1.165, 1.54) is 0 Å². The molecule has 92 valence electrons. The lowest BCUT2D eigenvalue weighted by atomic mass is 10.2. The fourth-order valence-electron chi connectivity index (χ4n) is 1.03. The third-order valence-electron chi connectivity index (χ3n) is 2.19. The molecule has 1 amide bonds. The quantitative estimate of drug-likeness (QED) is 0.362. The average molecular weight is 238 g/mol. The van der Waals surface area contributed by atoms with Crippen LogP contribution >= 0.6 is 0 Å². The highest BCUT2D eigenvalue weighted by molar-refractivity contribution is 5.96. The van der Waals surface area contributed by atoms with Crippen molar-refractivity contribution < 1.29 is 20.1 Å². The molecule has 0 atom stereocenters. The maximum absolute atomic E-state index is 11.6. The molecule has 0 radical (unpaired) electrons. The van der Waals surface area contributed by atoms with Gasteiger partial charge in [-0.2, -0.15) is 5.10 Å². The SMILES string of the molecule is CC/C(C)=N/NC(=O)c1cc(O)c(O)c(O)c1. The van der Waals surface area contributed by atoms with Crippen LogP contribution in [0.15, 0.2) is 17.2 Å². The number of phenols is 3. The molecule has 0 bridgehead atoms. The third-order valence-corrected chi connectivity index (χ3v) is 2.19. The van der Waals surface area contributed by atoms with Gasteiger partial charge in [-0.25, -0.2) is 5.43 Å². The molecule has 1 aromatic rings. The highest BCUT2D eigenvalue weighted by Crippen LogP contribution is 2.35. The van der Waals surface area contributed by atoms with Crippen LogP contribution in [0.1, 0.15) is 30.6 Å². The number of hydrogen-bond acceptors (Lipinski definition) is 5. The Balaban J connectivity index is 2.91. The van der Waals surface area contributed by atoms with Crippen molar-refractivity contribution in [3.63, 3.8) is 0 Å². The number of amides is 1. The first-order valence-electron chi connectivity index (χ1n) is 5.04. The Morgan fingerprint density at radius 3 is 2.29 bits per heavy atom. The fourth-order valence-corrected chi connectivity index (χ4v) is 1.03. The van der Waals surface area contributed by atoms with E-state index in [-0.39, 0.29) is 5.56 Å². The second kappa shape index (κ2) is 5.20. The van der Waals surface area contributed by atoms with Gasteiger partial charge in [0.15, 0.2) is 17.2 Å². The molecule has 4 N–H and O–H groups in total. The van der Waals surface area contributed by atoms with Gasteiger partial charge in [0, 0.05) is 11.3 Å². The number of carbonyl (C=O) groups is 1. The minimum absolute atomic E-state index is 0.00505. The summed E-state index contributed by atoms with van der Waals surface area (Å²) < 4.78 is 0. The molecule has 0 heterocycles. The lowest BCUT2D eigenvalue weighted by Crippen LogP contribution is -2.18. The normalized spacial score (nSPS) is 11.3. The van der Waals surface area contributed by atoms with Crippen LogP contribution in [-0.4, -0.2) is 26.9 Å². The second-order valence-corrected chi connectivity index (χ2v) is 3.50. The highest BCUT2D eigenvalue weighted by Gasteiger charge is 2.12. The van der Waals surface area contributed by atoms with E-state index < -0.39 is 23.2 Å². The van der Waals surface area contributed by atoms with Crippen molar-refractivity contribution in [2.75, 3.05) is 0 Å². The number of phenolic OH excluding ortho intramolecular Hbond substituents is 3. The van der Waals surface area contributed by atoms with Crippen molar-refractivity contribution in [3.8, 4) is 17.2 Å². The minimum Gasteiger partial charge on any atom is -0.504 e. The van der Waals surface area contributed by atoms with Crippen LogP contribution in [0, 0.1) is 0 Å². The molecule has 0 aliphatic rings. The first kappa shape index (κ1) is 12.8. The molecule has 1 aromatic carbocycles. The van der Waals surface area contributed by atoms with Crippen molar-refractivity contribution in [2.45, 2.75) is 20.3 Å². The summed E-state index contributed by atoms with van der Waals surface area (Å²) in [5.41, 5.74) is 3.02. The van der Waals surface area contributed by atoms with Gasteiger partial charge in [0.05, 0.1) is 0 Å². The predicted octanol–water partition coefficient (Wildman–Crippen LogP) is 1.32. The summed E-state index contributed by atoms with van der Waals surface area (Å²) in [7, 11) is 0. The molecule has 0 saturated heterocycles. The van der Waals surface area contributed by atoms with Gasteiger partial charge in [0.25, 0.3) is 5.91 Å². The first-order chi connectivity index (χ1) is 7.95. The van der Waals surface area contributed by atoms with Crippen LogP contribution in [-0.2, 0) is 0 Å². The van der Waals surface area contributed by atoms with E-state index in [0.717, 1.165) is 17.8 Å². The van der Waals surface area contributed by atoms with Crippen LogP contribution < -0.4 is 5.43 Å². The van der Waals surface area contributed by atoms with E-state index in [1.54, 1.807) is 6.92 Å². The zero-order valence-electron chi connectivity index (χ0n) is 9.56. The summed E-state index contributed by atoms with van der Waals surface area (Å²) in [6.07, 6.45) is 0.701. The third kappa shape index (κ3) is 3.10. The van der Waals surface area contributed by atoms with Gasteiger partial charge >= 0.3 is 0 Å². The van der Waals surface area contributed by atoms with E-state index in [0.29, 0.717) is 6.42 Å². The summed E-state index contributed by atoms with van der Waals surface area (Å²) >= 11 is 0. The highest BCUT2D eigenvalue weighted by atomic mass is 16.3. The summed E-state index contributed by atoms with van der Waals surface area (Å²) in [4.78, 5) is 11.6. The fraction of sp³-hybridized carbons (Fsp3) is 0.273. The summed E-state index contributed by atoms with van der Waals surface area (Å²) in [6.45, 7) is 3.65. The van der Waals surface area contributed by atoms with E-state index in [1.807, 2.05) is 6.92 Å². The van der Waals surface area contributed by atoms with Crippen molar-refractivity contribution in [2.24, 2.45) is 5.10 Å². The van der Waals surface area contributed by atoms with Crippen molar-refractivity contribution in [1.82, 2.24) is 5.43 Å². The maximum atomic E-state index is 11.6. The monoisotopic (exact) mass is 238 g/mol. The smallest absolute Gasteiger partial charge is 0.271 e. The minimum atomic E-state index is -0.658. The summed E-state index contributed by atoms with van der Waals surface area (Å²) in [6, 6.07) is 2.09. The number of nitrogens with zero attached hydrogens (tertiary/aromatic N) is 1. The number of hydrogen-bond donors (Lipinski definition) is 4. The molecule has 0 aliphatic carbocycles. The standard InChI is InChI=1S/C11H14N2O4/c1-3-6(2)12-13-11(17)7-4-8(14)10(16)9(15)5-7/h4-5,14-16H,3H2,1-2H3,(H,13,17)/b12-6+. The average Bonchev–Trinajstić information content (AvgIpc) is 2.31. The molecule has 17 heavy (non-hydrogen) atoms. The van der Waals surface area contributed by atoms with Gasteiger partial charge in [-0.1, -0.05) is 6.92 Å². The van der Waals surface area contributed by atoms with Crippen molar-refractivity contribution in [3.05, 3.63) is 17.7 Å². The molecule has 6 heteroatoms. The number of aromatic hydroxyl groups is 3. The van der Waals surface area contributed by atoms with E-state index in [4.69, 9.17) is 5.11 Å². The zero-order valence-corrected chi connectivity index (χ0v) is 9.56. The molecule has 1 rings (SSSR count). The Bertz CT molecular complexity index is 446. The topological polar surface area (TPSA) is 102 Å². The molecule has 0 saturated carbocycles. The van der Waals surface area contributed by atoms with Crippen molar-refractivity contribution >= 4 is 11.6 Å². The lowest BCUT2D eigenvalue weighted by Gasteiger charge is -2.05. The predicted molar refractivity (Wildman–Crippen MR) is 62.3 cm³/mol. The number of benzene rings is 1. The number of nitrogens with one attached hydrogen (secondary N) is 1. The van der Waals surface area contributed by atoms with E-state index in [9.17, 15) is 15.0 Å². The van der Waals surface area contributed by atoms with Crippen LogP contribution in [0.5, 0.6) is 17.2 Å². The largest absolute Gasteiger partial charge is 0.504 e. The molecule has 0 unspecified atom stereocenters. The molecule has 0 fully saturated rings. The Morgan fingerprint density at radius 2 is 1.82 bits per heavy atom. The Labute approximate surface area is 98.2 Å². The summed E-state index contributed by atoms with van der Waals surface area (Å²) in [5, 5.41) is 31.4. The Morgan fingerprint density at radius 1 is 1.29 bits per heavy atom. The van der Waals surface area contributed by atoms with Gasteiger partial charge in [-0.15, -0.1) is 0 Å². The molecular weight excluding hydrogens is 224 g/mol. The maximum Gasteiger partial charge on any atom is 0.271 e. The van der Waals surface area contributed by atoms with E-state index in [2.05, 4.69) is 10.5 Å². The van der Waals surface area contributed by atoms with Gasteiger partial charge < -0.3 is 15.3 Å². The van der Waals surface area contributed by atoms with Gasteiger partial charge in [-0.05, 0) is 25.5 Å². The zero-order chi connectivity index (χ0) is 13.0. The number of hydrazone groups is 1. The van der Waals surface area contributed by atoms with Crippen molar-refractivity contribution in [1.29, 1.82) is 0 Å². The number of carbonyl (C=O) groups excluding carboxylic acids is 1. The van der Waals surface area contributed by atoms with Crippen LogP contribution in [0.4, 0.5) is 0 Å². The molecule has 0 spiro atoms. The van der Waals surface area contributed by atoms with Gasteiger partial charge in [-0.3, -0.25) is 4.79 Å². The number of rotatable bonds is 3. The van der Waals surface area contributed by atoms with Crippen LogP contribution in [0.3, 0.4) is 0 Å². The summed E-state index contributed by atoms with van der Waals surface area (Å²) in [5.74, 6) is -2.36. The first-order valence-corrected chi connectivity index (χ1v) is 5.04. The molecule has 6 nitrogen and oxygen atoms in total. The van der Waals surface area contributed by atoms with Gasteiger partial charge in [0.2, 0.25) is 0 Å². The lowest BCUT2D eigenvalue weighted by molar-refractivity contribution is 0.0954. The van der Waals surface area contributed by atoms with Crippen LogP contribution in [0.25, 0.3) is 0 Å². The Kier molecular flexibility index (Phi) is 3.92. The second-order valence-electron chi connectivity index (χ2n) is 3.50. The van der Waals surface area contributed by atoms with Gasteiger partial charge in [0.1, 0.15) is 0 Å². The molecule has 0 aliphatic heterocycles. The van der Waals surface area contributed by atoms with Crippen LogP contribution in [0.2, 0.25) is 0 Å².